The van der Waals surface area contributed by atoms with Crippen LogP contribution in [-0.2, 0) is 0 Å². The summed E-state index contributed by atoms with van der Waals surface area (Å²) < 4.78 is 0. The highest BCUT2D eigenvalue weighted by Crippen LogP contribution is 2.16. The highest BCUT2D eigenvalue weighted by Gasteiger charge is 2.08. The number of aromatic carboxylic acids is 1. The highest BCUT2D eigenvalue weighted by molar-refractivity contribution is 6.13. The van der Waals surface area contributed by atoms with E-state index in [4.69, 9.17) is 0 Å². The van der Waals surface area contributed by atoms with Gasteiger partial charge in [-0.2, -0.15) is 5.10 Å². The average Bonchev–Trinajstić information content (AvgIpc) is 2.64. The van der Waals surface area contributed by atoms with Crippen molar-refractivity contribution in [2.24, 2.45) is 5.10 Å². The van der Waals surface area contributed by atoms with Crippen LogP contribution >= 0.6 is 0 Å². The predicted molar refractivity (Wildman–Crippen MR) is 90.7 cm³/mol. The number of benzene rings is 2. The van der Waals surface area contributed by atoms with Gasteiger partial charge in [-0.05, 0) is 18.2 Å². The van der Waals surface area contributed by atoms with Crippen molar-refractivity contribution in [1.82, 2.24) is 4.98 Å². The number of hydrazone groups is 1. The summed E-state index contributed by atoms with van der Waals surface area (Å²) in [5, 5.41) is 15.6. The Hall–Kier alpha value is -3.47. The molecule has 1 N–H and O–H groups in total. The fourth-order valence-corrected chi connectivity index (χ4v) is 2.28. The SMILES string of the molecule is O=C([O-])c1ccccc1N/N=C(\c1ccccc1)c1ccncc1. The third-order valence-electron chi connectivity index (χ3n) is 3.44. The molecule has 1 heterocycles. The number of nitrogens with one attached hydrogen (secondary N) is 1. The topological polar surface area (TPSA) is 77.4 Å². The Bertz CT molecular complexity index is 821. The van der Waals surface area contributed by atoms with E-state index in [-0.39, 0.29) is 5.56 Å². The lowest BCUT2D eigenvalue weighted by atomic mass is 10.0. The minimum absolute atomic E-state index is 0.0587. The molecule has 0 spiro atoms. The van der Waals surface area contributed by atoms with Crippen molar-refractivity contribution in [2.75, 3.05) is 5.43 Å². The molecule has 0 aliphatic heterocycles. The van der Waals surface area contributed by atoms with Gasteiger partial charge in [-0.25, -0.2) is 0 Å². The normalized spacial score (nSPS) is 11.1. The Morgan fingerprint density at radius 2 is 1.50 bits per heavy atom. The van der Waals surface area contributed by atoms with Crippen molar-refractivity contribution < 1.29 is 9.90 Å². The number of rotatable bonds is 5. The Morgan fingerprint density at radius 1 is 0.875 bits per heavy atom. The van der Waals surface area contributed by atoms with Crippen LogP contribution in [0, 0.1) is 0 Å². The van der Waals surface area contributed by atoms with Crippen LogP contribution in [-0.4, -0.2) is 16.7 Å². The Kier molecular flexibility index (Phi) is 4.62. The van der Waals surface area contributed by atoms with E-state index in [2.05, 4.69) is 15.5 Å². The third-order valence-corrected chi connectivity index (χ3v) is 3.44. The van der Waals surface area contributed by atoms with Crippen LogP contribution < -0.4 is 10.5 Å². The summed E-state index contributed by atoms with van der Waals surface area (Å²) >= 11 is 0. The van der Waals surface area contributed by atoms with Crippen LogP contribution in [0.15, 0.2) is 84.2 Å². The lowest BCUT2D eigenvalue weighted by Gasteiger charge is -2.12. The van der Waals surface area contributed by atoms with Gasteiger partial charge >= 0.3 is 0 Å². The van der Waals surface area contributed by atoms with Gasteiger partial charge in [-0.1, -0.05) is 48.5 Å². The summed E-state index contributed by atoms with van der Waals surface area (Å²) in [5.41, 5.74) is 5.73. The first-order valence-electron chi connectivity index (χ1n) is 7.35. The van der Waals surface area contributed by atoms with Gasteiger partial charge in [-0.15, -0.1) is 0 Å². The molecule has 5 nitrogen and oxygen atoms in total. The van der Waals surface area contributed by atoms with E-state index in [0.29, 0.717) is 11.4 Å². The summed E-state index contributed by atoms with van der Waals surface area (Å²) in [6.07, 6.45) is 3.37. The van der Waals surface area contributed by atoms with E-state index >= 15 is 0 Å². The van der Waals surface area contributed by atoms with Crippen molar-refractivity contribution in [3.05, 3.63) is 95.8 Å². The second-order valence-corrected chi connectivity index (χ2v) is 5.01. The molecule has 0 atom stereocenters. The molecule has 0 fully saturated rings. The molecule has 0 bridgehead atoms. The molecule has 5 heteroatoms. The Morgan fingerprint density at radius 3 is 2.21 bits per heavy atom. The number of aromatic nitrogens is 1. The number of carbonyl (C=O) groups is 1. The van der Waals surface area contributed by atoms with Gasteiger partial charge in [-0.3, -0.25) is 10.4 Å². The number of carbonyl (C=O) groups excluding carboxylic acids is 1. The van der Waals surface area contributed by atoms with Crippen LogP contribution in [0.1, 0.15) is 21.5 Å². The first-order valence-corrected chi connectivity index (χ1v) is 7.35. The lowest BCUT2D eigenvalue weighted by Crippen LogP contribution is -2.23. The maximum Gasteiger partial charge on any atom is 0.0979 e. The molecule has 2 aromatic carbocycles. The molecule has 24 heavy (non-hydrogen) atoms. The minimum atomic E-state index is -1.25. The van der Waals surface area contributed by atoms with Crippen molar-refractivity contribution in [3.8, 4) is 0 Å². The molecule has 0 aliphatic rings. The van der Waals surface area contributed by atoms with Gasteiger partial charge in [0.05, 0.1) is 17.4 Å². The maximum absolute atomic E-state index is 11.2. The molecule has 0 saturated carbocycles. The fourth-order valence-electron chi connectivity index (χ4n) is 2.28. The minimum Gasteiger partial charge on any atom is -0.545 e. The second-order valence-electron chi connectivity index (χ2n) is 5.01. The van der Waals surface area contributed by atoms with Crippen LogP contribution in [0.3, 0.4) is 0 Å². The first kappa shape index (κ1) is 15.4. The summed E-state index contributed by atoms with van der Waals surface area (Å²) in [4.78, 5) is 15.2. The molecule has 0 amide bonds. The molecule has 0 radical (unpaired) electrons. The van der Waals surface area contributed by atoms with E-state index in [1.165, 1.54) is 6.07 Å². The van der Waals surface area contributed by atoms with Gasteiger partial charge in [0.25, 0.3) is 0 Å². The van der Waals surface area contributed by atoms with Crippen molar-refractivity contribution in [2.45, 2.75) is 0 Å². The molecule has 3 aromatic rings. The van der Waals surface area contributed by atoms with E-state index in [9.17, 15) is 9.90 Å². The summed E-state index contributed by atoms with van der Waals surface area (Å²) in [7, 11) is 0. The van der Waals surface area contributed by atoms with Gasteiger partial charge in [0, 0.05) is 29.1 Å². The number of anilines is 1. The largest absolute Gasteiger partial charge is 0.545 e. The molecule has 1 aromatic heterocycles. The number of para-hydroxylation sites is 1. The Balaban J connectivity index is 2.01. The van der Waals surface area contributed by atoms with Crippen LogP contribution in [0.2, 0.25) is 0 Å². The van der Waals surface area contributed by atoms with E-state index in [0.717, 1.165) is 11.1 Å². The van der Waals surface area contributed by atoms with Crippen molar-refractivity contribution in [1.29, 1.82) is 0 Å². The quantitative estimate of drug-likeness (QED) is 0.579. The Labute approximate surface area is 139 Å². The molecule has 0 saturated heterocycles. The van der Waals surface area contributed by atoms with Gasteiger partial charge in [0.15, 0.2) is 0 Å². The van der Waals surface area contributed by atoms with Crippen LogP contribution in [0.4, 0.5) is 5.69 Å². The van der Waals surface area contributed by atoms with E-state index in [1.54, 1.807) is 30.6 Å². The van der Waals surface area contributed by atoms with Crippen LogP contribution in [0.25, 0.3) is 0 Å². The second kappa shape index (κ2) is 7.19. The van der Waals surface area contributed by atoms with E-state index in [1.807, 2.05) is 42.5 Å². The summed E-state index contributed by atoms with van der Waals surface area (Å²) in [5.74, 6) is -1.25. The molecule has 118 valence electrons. The standard InChI is InChI=1S/C19H15N3O2/c23-19(24)16-8-4-5-9-17(16)21-22-18(14-6-2-1-3-7-14)15-10-12-20-13-11-15/h1-13,21H,(H,23,24)/p-1/b22-18+. The summed E-state index contributed by atoms with van der Waals surface area (Å²) in [6, 6.07) is 19.8. The lowest BCUT2D eigenvalue weighted by molar-refractivity contribution is -0.254. The number of hydrogen-bond acceptors (Lipinski definition) is 5. The zero-order valence-electron chi connectivity index (χ0n) is 12.7. The number of nitrogens with zero attached hydrogens (tertiary/aromatic N) is 2. The molecule has 3 rings (SSSR count). The van der Waals surface area contributed by atoms with Crippen LogP contribution in [0.5, 0.6) is 0 Å². The zero-order valence-corrected chi connectivity index (χ0v) is 12.7. The van der Waals surface area contributed by atoms with Gasteiger partial charge in [0.1, 0.15) is 0 Å². The summed E-state index contributed by atoms with van der Waals surface area (Å²) in [6.45, 7) is 0. The monoisotopic (exact) mass is 316 g/mol. The maximum atomic E-state index is 11.2. The number of carboxylic acid groups (broad SMARTS) is 1. The third kappa shape index (κ3) is 3.47. The predicted octanol–water partition coefficient (Wildman–Crippen LogP) is 2.31. The molecular formula is C19H14N3O2-. The molecule has 0 aliphatic carbocycles. The number of carboxylic acids is 1. The highest BCUT2D eigenvalue weighted by atomic mass is 16.4. The fraction of sp³-hybridized carbons (Fsp3) is 0. The zero-order chi connectivity index (χ0) is 16.8. The van der Waals surface area contributed by atoms with Gasteiger partial charge < -0.3 is 9.90 Å². The van der Waals surface area contributed by atoms with E-state index < -0.39 is 5.97 Å². The average molecular weight is 316 g/mol. The van der Waals surface area contributed by atoms with Crippen molar-refractivity contribution >= 4 is 17.4 Å². The molecule has 0 unspecified atom stereocenters. The number of pyridine rings is 1. The number of hydrogen-bond donors (Lipinski definition) is 1. The van der Waals surface area contributed by atoms with Crippen molar-refractivity contribution in [3.63, 3.8) is 0 Å². The molecular weight excluding hydrogens is 302 g/mol. The van der Waals surface area contributed by atoms with Gasteiger partial charge in [0.2, 0.25) is 0 Å². The first-order chi connectivity index (χ1) is 11.8. The smallest absolute Gasteiger partial charge is 0.0979 e.